The summed E-state index contributed by atoms with van der Waals surface area (Å²) in [5, 5.41) is 0. The van der Waals surface area contributed by atoms with E-state index in [1.807, 2.05) is 21.1 Å². The lowest BCUT2D eigenvalue weighted by Crippen LogP contribution is -2.37. The molecule has 0 spiro atoms. The van der Waals surface area contributed by atoms with E-state index >= 15 is 0 Å². The average molecular weight is 1080 g/mol. The summed E-state index contributed by atoms with van der Waals surface area (Å²) in [6.07, 6.45) is 78.7. The Bertz CT molecular complexity index is 1650. The first-order chi connectivity index (χ1) is 37.0. The van der Waals surface area contributed by atoms with E-state index in [0.29, 0.717) is 17.4 Å². The van der Waals surface area contributed by atoms with Gasteiger partial charge in [0.05, 0.1) is 27.7 Å². The SMILES string of the molecule is CC/C=C\C/C=C\C/C=C\C/C=C\C/C=C\CCCCCCCCCCCCCCCCCC(=O)OC(COC(=O)CCCCCCCCCC/C=C\C/C=C\C/C=C\C/C=C\CC)COP(=O)(O)OCC[N+](C)(C)C. The lowest BCUT2D eigenvalue weighted by molar-refractivity contribution is -0.870. The van der Waals surface area contributed by atoms with E-state index in [0.717, 1.165) is 109 Å². The minimum Gasteiger partial charge on any atom is -0.462 e. The van der Waals surface area contributed by atoms with E-state index in [1.165, 1.54) is 103 Å². The number of phosphoric acid groups is 1. The minimum absolute atomic E-state index is 0.0259. The zero-order valence-corrected chi connectivity index (χ0v) is 50.3. The van der Waals surface area contributed by atoms with Crippen molar-refractivity contribution in [2.75, 3.05) is 47.5 Å². The van der Waals surface area contributed by atoms with E-state index in [9.17, 15) is 19.0 Å². The van der Waals surface area contributed by atoms with Gasteiger partial charge in [-0.3, -0.25) is 18.6 Å². The smallest absolute Gasteiger partial charge is 0.462 e. The van der Waals surface area contributed by atoms with Gasteiger partial charge in [-0.15, -0.1) is 0 Å². The second-order valence-corrected chi connectivity index (χ2v) is 22.8. The first kappa shape index (κ1) is 72.7. The highest BCUT2D eigenvalue weighted by atomic mass is 31.2. The third-order valence-corrected chi connectivity index (χ3v) is 13.8. The maximum absolute atomic E-state index is 12.8. The Morgan fingerprint density at radius 2 is 0.711 bits per heavy atom. The van der Waals surface area contributed by atoms with Crippen LogP contribution in [-0.4, -0.2) is 74.9 Å². The molecule has 0 aliphatic carbocycles. The molecule has 0 bridgehead atoms. The molecule has 2 unspecified atom stereocenters. The number of esters is 2. The molecule has 0 amide bonds. The summed E-state index contributed by atoms with van der Waals surface area (Å²) < 4.78 is 34.6. The Hall–Kier alpha value is -3.33. The van der Waals surface area contributed by atoms with Gasteiger partial charge >= 0.3 is 19.8 Å². The summed E-state index contributed by atoms with van der Waals surface area (Å²) in [7, 11) is 1.46. The van der Waals surface area contributed by atoms with Gasteiger partial charge in [-0.1, -0.05) is 245 Å². The molecule has 0 aliphatic rings. The molecule has 0 aromatic rings. The van der Waals surface area contributed by atoms with Crippen molar-refractivity contribution in [1.29, 1.82) is 0 Å². The topological polar surface area (TPSA) is 108 Å². The van der Waals surface area contributed by atoms with Crippen LogP contribution in [0.5, 0.6) is 0 Å². The number of carbonyl (C=O) groups excluding carboxylic acids is 2. The van der Waals surface area contributed by atoms with Gasteiger partial charge in [0, 0.05) is 12.8 Å². The van der Waals surface area contributed by atoms with Gasteiger partial charge in [0.25, 0.3) is 0 Å². The van der Waals surface area contributed by atoms with Crippen molar-refractivity contribution < 1.29 is 42.1 Å². The highest BCUT2D eigenvalue weighted by Gasteiger charge is 2.27. The molecule has 0 aliphatic heterocycles. The maximum atomic E-state index is 12.8. The number of ether oxygens (including phenoxy) is 2. The number of hydrogen-bond donors (Lipinski definition) is 1. The van der Waals surface area contributed by atoms with Crippen LogP contribution in [0.1, 0.15) is 245 Å². The van der Waals surface area contributed by atoms with Gasteiger partial charge in [-0.2, -0.15) is 0 Å². The fourth-order valence-corrected chi connectivity index (χ4v) is 8.89. The van der Waals surface area contributed by atoms with Crippen molar-refractivity contribution in [1.82, 2.24) is 0 Å². The molecule has 1 N–H and O–H groups in total. The van der Waals surface area contributed by atoms with E-state index in [4.69, 9.17) is 18.5 Å². The lowest BCUT2D eigenvalue weighted by Gasteiger charge is -2.24. The molecule has 2 atom stereocenters. The Kier molecular flexibility index (Phi) is 53.9. The molecule has 0 rings (SSSR count). The van der Waals surface area contributed by atoms with Crippen LogP contribution in [0.15, 0.2) is 109 Å². The van der Waals surface area contributed by atoms with E-state index in [-0.39, 0.29) is 32.0 Å². The molecule has 0 radical (unpaired) electrons. The van der Waals surface area contributed by atoms with Crippen molar-refractivity contribution in [3.8, 4) is 0 Å². The molecule has 76 heavy (non-hydrogen) atoms. The number of hydrogen-bond acceptors (Lipinski definition) is 7. The monoisotopic (exact) mass is 1080 g/mol. The van der Waals surface area contributed by atoms with Crippen LogP contribution < -0.4 is 0 Å². The largest absolute Gasteiger partial charge is 0.472 e. The zero-order chi connectivity index (χ0) is 55.6. The van der Waals surface area contributed by atoms with Crippen molar-refractivity contribution in [3.63, 3.8) is 0 Å². The third-order valence-electron chi connectivity index (χ3n) is 12.8. The first-order valence-corrected chi connectivity index (χ1v) is 32.1. The normalized spacial score (nSPS) is 14.0. The summed E-state index contributed by atoms with van der Waals surface area (Å²) in [6, 6.07) is 0. The average Bonchev–Trinajstić information content (AvgIpc) is 3.38. The second kappa shape index (κ2) is 56.4. The molecule has 0 saturated heterocycles. The molecule has 0 saturated carbocycles. The number of rotatable bonds is 55. The molecule has 0 aromatic carbocycles. The van der Waals surface area contributed by atoms with Crippen LogP contribution in [-0.2, 0) is 32.7 Å². The van der Waals surface area contributed by atoms with Gasteiger partial charge in [0.2, 0.25) is 0 Å². The number of carbonyl (C=O) groups is 2. The van der Waals surface area contributed by atoms with E-state index in [2.05, 4.69) is 123 Å². The Balaban J connectivity index is 4.13. The highest BCUT2D eigenvalue weighted by Crippen LogP contribution is 2.43. The summed E-state index contributed by atoms with van der Waals surface area (Å²) in [6.45, 7) is 4.20. The second-order valence-electron chi connectivity index (χ2n) is 21.3. The predicted molar refractivity (Wildman–Crippen MR) is 325 cm³/mol. The van der Waals surface area contributed by atoms with Crippen molar-refractivity contribution in [2.45, 2.75) is 251 Å². The quantitative estimate of drug-likeness (QED) is 0.0211. The molecule has 10 heteroatoms. The fraction of sp³-hybridized carbons (Fsp3) is 0.697. The number of quaternary nitrogens is 1. The first-order valence-electron chi connectivity index (χ1n) is 30.6. The minimum atomic E-state index is -4.40. The lowest BCUT2D eigenvalue weighted by atomic mass is 10.0. The standard InChI is InChI=1S/C66H114NO8P/c1-6-8-10-12-14-16-18-20-22-24-26-28-29-30-31-32-33-34-35-36-37-39-41-43-45-47-49-51-53-55-57-59-66(69)75-64(63-74-76(70,71)73-61-60-67(3,4)5)62-72-65(68)58-56-54-52-50-48-46-44-42-40-38-27-25-23-21-19-17-15-13-11-9-7-2/h8-11,14-17,20-23,26-28,30-31,38,64H,6-7,12-13,18-19,24-25,29,32-37,39-63H2,1-5H3/p+1/b10-8-,11-9-,16-14-,17-15-,22-20-,23-21-,28-26-,31-30-,38-27-. The number of phosphoric ester groups is 1. The van der Waals surface area contributed by atoms with Crippen LogP contribution in [0, 0.1) is 0 Å². The summed E-state index contributed by atoms with van der Waals surface area (Å²) in [5.41, 5.74) is 0. The zero-order valence-electron chi connectivity index (χ0n) is 49.5. The van der Waals surface area contributed by atoms with Gasteiger partial charge in [-0.05, 0) is 96.3 Å². The molecule has 0 aromatic heterocycles. The van der Waals surface area contributed by atoms with Crippen LogP contribution in [0.3, 0.4) is 0 Å². The highest BCUT2D eigenvalue weighted by molar-refractivity contribution is 7.47. The molecule has 436 valence electrons. The summed E-state index contributed by atoms with van der Waals surface area (Å²) in [4.78, 5) is 35.8. The number of nitrogens with zero attached hydrogens (tertiary/aromatic N) is 1. The molecule has 9 nitrogen and oxygen atoms in total. The van der Waals surface area contributed by atoms with Gasteiger partial charge in [-0.25, -0.2) is 4.57 Å². The fourth-order valence-electron chi connectivity index (χ4n) is 8.15. The van der Waals surface area contributed by atoms with Crippen LogP contribution in [0.4, 0.5) is 0 Å². The predicted octanol–water partition coefficient (Wildman–Crippen LogP) is 19.4. The van der Waals surface area contributed by atoms with Gasteiger partial charge in [0.1, 0.15) is 19.8 Å². The summed E-state index contributed by atoms with van der Waals surface area (Å²) >= 11 is 0. The Morgan fingerprint density at radius 1 is 0.408 bits per heavy atom. The van der Waals surface area contributed by atoms with Crippen LogP contribution >= 0.6 is 7.82 Å². The van der Waals surface area contributed by atoms with Gasteiger partial charge in [0.15, 0.2) is 6.10 Å². The number of allylic oxidation sites excluding steroid dienone is 18. The Morgan fingerprint density at radius 3 is 1.05 bits per heavy atom. The van der Waals surface area contributed by atoms with Crippen molar-refractivity contribution >= 4 is 19.8 Å². The molecular formula is C66H115NO8P+. The number of unbranched alkanes of at least 4 members (excludes halogenated alkanes) is 23. The Labute approximate surface area is 467 Å². The van der Waals surface area contributed by atoms with Crippen LogP contribution in [0.25, 0.3) is 0 Å². The summed E-state index contributed by atoms with van der Waals surface area (Å²) in [5.74, 6) is -0.808. The molecular weight excluding hydrogens is 966 g/mol. The van der Waals surface area contributed by atoms with Crippen molar-refractivity contribution in [2.24, 2.45) is 0 Å². The maximum Gasteiger partial charge on any atom is 0.472 e. The van der Waals surface area contributed by atoms with E-state index in [1.54, 1.807) is 0 Å². The number of likely N-dealkylation sites (N-methyl/N-ethyl adjacent to an activating group) is 1. The van der Waals surface area contributed by atoms with Crippen molar-refractivity contribution in [3.05, 3.63) is 109 Å². The van der Waals surface area contributed by atoms with Gasteiger partial charge < -0.3 is 18.9 Å². The van der Waals surface area contributed by atoms with E-state index < -0.39 is 26.5 Å². The third kappa shape index (κ3) is 59.9. The molecule has 0 heterocycles. The van der Waals surface area contributed by atoms with Crippen LogP contribution in [0.2, 0.25) is 0 Å². The molecule has 0 fully saturated rings.